The largest absolute Gasteiger partial charge is 0.377 e. The molecule has 2 atom stereocenters. The first kappa shape index (κ1) is 29.1. The van der Waals surface area contributed by atoms with E-state index in [4.69, 9.17) is 0 Å². The number of nitrogens with zero attached hydrogens (tertiary/aromatic N) is 4. The highest BCUT2D eigenvalue weighted by Gasteiger charge is 2.20. The number of aromatic nitrogens is 3. The van der Waals surface area contributed by atoms with Crippen LogP contribution in [0.4, 0.5) is 14.5 Å². The quantitative estimate of drug-likeness (QED) is 0.236. The molecule has 42 heavy (non-hydrogen) atoms. The van der Waals surface area contributed by atoms with Crippen molar-refractivity contribution in [2.24, 2.45) is 11.4 Å². The number of nitrogens with one attached hydrogen (secondary N) is 1. The number of hydrogen-bond acceptors (Lipinski definition) is 6. The molecule has 216 valence electrons. The second-order valence-electron chi connectivity index (χ2n) is 10.4. The number of pyridine rings is 3. The Bertz CT molecular complexity index is 2050. The van der Waals surface area contributed by atoms with Gasteiger partial charge in [-0.1, -0.05) is 18.2 Å². The van der Waals surface area contributed by atoms with E-state index in [1.165, 1.54) is 29.9 Å². The van der Waals surface area contributed by atoms with Crippen LogP contribution < -0.4 is 10.9 Å². The van der Waals surface area contributed by atoms with Gasteiger partial charge in [0.25, 0.3) is 5.56 Å². The molecule has 2 aromatic carbocycles. The lowest BCUT2D eigenvalue weighted by atomic mass is 9.96. The average molecular weight is 588 g/mol. The van der Waals surface area contributed by atoms with Crippen molar-refractivity contribution in [3.8, 4) is 22.5 Å². The predicted molar refractivity (Wildman–Crippen MR) is 164 cm³/mol. The van der Waals surface area contributed by atoms with E-state index in [0.29, 0.717) is 38.3 Å². The molecular weight excluding hydrogens is 556 g/mol. The van der Waals surface area contributed by atoms with Crippen LogP contribution in [0.2, 0.25) is 0 Å². The lowest BCUT2D eigenvalue weighted by Gasteiger charge is -2.22. The summed E-state index contributed by atoms with van der Waals surface area (Å²) in [6, 6.07) is 15.2. The van der Waals surface area contributed by atoms with E-state index in [1.807, 2.05) is 50.2 Å². The van der Waals surface area contributed by atoms with Crippen LogP contribution in [0, 0.1) is 25.5 Å². The summed E-state index contributed by atoms with van der Waals surface area (Å²) in [7, 11) is 0.567. The summed E-state index contributed by atoms with van der Waals surface area (Å²) in [6.45, 7) is 5.55. The monoisotopic (exact) mass is 587 g/mol. The minimum absolute atomic E-state index is 0.0202. The Morgan fingerprint density at radius 2 is 1.74 bits per heavy atom. The first-order valence-corrected chi connectivity index (χ1v) is 15.2. The molecule has 0 radical (unpaired) electrons. The zero-order valence-corrected chi connectivity index (χ0v) is 25.0. The fourth-order valence-electron chi connectivity index (χ4n) is 5.17. The van der Waals surface area contributed by atoms with Crippen molar-refractivity contribution >= 4 is 26.2 Å². The van der Waals surface area contributed by atoms with Crippen LogP contribution in [0.15, 0.2) is 81.0 Å². The molecule has 5 aromatic rings. The van der Waals surface area contributed by atoms with Gasteiger partial charge in [0, 0.05) is 54.8 Å². The van der Waals surface area contributed by atoms with Gasteiger partial charge in [0.15, 0.2) is 0 Å². The predicted octanol–water partition coefficient (Wildman–Crippen LogP) is 6.82. The molecule has 0 saturated heterocycles. The molecule has 0 aliphatic rings. The van der Waals surface area contributed by atoms with Gasteiger partial charge in [-0.05, 0) is 73.7 Å². The minimum Gasteiger partial charge on any atom is -0.377 e. The number of anilines is 1. The van der Waals surface area contributed by atoms with Gasteiger partial charge in [-0.3, -0.25) is 14.8 Å². The Labute approximate surface area is 243 Å². The molecule has 0 amide bonds. The second kappa shape index (κ2) is 11.1. The third-order valence-electron chi connectivity index (χ3n) is 7.46. The number of benzene rings is 2. The normalized spacial score (nSPS) is 13.5. The molecule has 0 aliphatic carbocycles. The van der Waals surface area contributed by atoms with Gasteiger partial charge in [-0.25, -0.2) is 17.4 Å². The van der Waals surface area contributed by atoms with E-state index in [-0.39, 0.29) is 22.9 Å². The molecule has 10 heteroatoms. The summed E-state index contributed by atoms with van der Waals surface area (Å²) in [5, 5.41) is 4.69. The molecule has 0 bridgehead atoms. The van der Waals surface area contributed by atoms with Gasteiger partial charge in [-0.15, -0.1) is 0 Å². The van der Waals surface area contributed by atoms with Crippen LogP contribution in [-0.4, -0.2) is 32.0 Å². The van der Waals surface area contributed by atoms with E-state index < -0.39 is 21.4 Å². The fraction of sp³-hybridized carbons (Fsp3) is 0.219. The van der Waals surface area contributed by atoms with E-state index in [9.17, 15) is 13.4 Å². The topological polar surface area (TPSA) is 89.2 Å². The first-order valence-electron chi connectivity index (χ1n) is 13.3. The van der Waals surface area contributed by atoms with Crippen LogP contribution in [0.5, 0.6) is 0 Å². The third kappa shape index (κ3) is 5.30. The molecule has 1 unspecified atom stereocenters. The Morgan fingerprint density at radius 3 is 2.45 bits per heavy atom. The van der Waals surface area contributed by atoms with Crippen molar-refractivity contribution in [1.29, 1.82) is 0 Å². The molecule has 7 nitrogen and oxygen atoms in total. The summed E-state index contributed by atoms with van der Waals surface area (Å²) in [5.74, 6) is -1.24. The van der Waals surface area contributed by atoms with Crippen LogP contribution in [0.1, 0.15) is 29.8 Å². The van der Waals surface area contributed by atoms with Crippen LogP contribution in [0.3, 0.4) is 0 Å². The molecule has 0 saturated carbocycles. The molecule has 0 aliphatic heterocycles. The minimum atomic E-state index is -2.60. The van der Waals surface area contributed by atoms with Crippen molar-refractivity contribution in [2.45, 2.75) is 31.7 Å². The second-order valence-corrected chi connectivity index (χ2v) is 12.8. The Hall–Kier alpha value is -4.44. The van der Waals surface area contributed by atoms with Gasteiger partial charge in [0.2, 0.25) is 0 Å². The lowest BCUT2D eigenvalue weighted by molar-refractivity contribution is 0.616. The number of fused-ring (bicyclic) bond motifs is 1. The van der Waals surface area contributed by atoms with Crippen molar-refractivity contribution in [1.82, 2.24) is 14.5 Å². The summed E-state index contributed by atoms with van der Waals surface area (Å²) >= 11 is 0. The average Bonchev–Trinajstić information content (AvgIpc) is 2.96. The number of halogens is 2. The third-order valence-corrected chi connectivity index (χ3v) is 9.33. The first-order chi connectivity index (χ1) is 19.9. The van der Waals surface area contributed by atoms with Crippen molar-refractivity contribution in [3.05, 3.63) is 106 Å². The maximum atomic E-state index is 15.4. The number of hydrogen-bond donors (Lipinski definition) is 1. The molecular formula is C32H31F2N5O2S. The summed E-state index contributed by atoms with van der Waals surface area (Å²) in [4.78, 5) is 22.5. The zero-order chi connectivity index (χ0) is 30.3. The molecule has 5 rings (SSSR count). The molecule has 1 N–H and O–H groups in total. The van der Waals surface area contributed by atoms with Gasteiger partial charge >= 0.3 is 0 Å². The Balaban J connectivity index is 1.64. The van der Waals surface area contributed by atoms with Crippen molar-refractivity contribution in [2.75, 3.05) is 18.6 Å². The summed E-state index contributed by atoms with van der Waals surface area (Å²) < 4.78 is 47.9. The van der Waals surface area contributed by atoms with E-state index in [0.717, 1.165) is 17.3 Å². The van der Waals surface area contributed by atoms with E-state index in [1.54, 1.807) is 26.3 Å². The highest BCUT2D eigenvalue weighted by molar-refractivity contribution is 7.93. The smallest absolute Gasteiger partial charge is 0.258 e. The summed E-state index contributed by atoms with van der Waals surface area (Å²) in [6.07, 6.45) is 4.14. The van der Waals surface area contributed by atoms with Crippen molar-refractivity contribution in [3.63, 3.8) is 0 Å². The maximum absolute atomic E-state index is 15.4. The van der Waals surface area contributed by atoms with Crippen LogP contribution in [0.25, 0.3) is 33.3 Å². The van der Waals surface area contributed by atoms with Gasteiger partial charge in [0.1, 0.15) is 17.3 Å². The van der Waals surface area contributed by atoms with E-state index >= 15 is 4.39 Å². The van der Waals surface area contributed by atoms with Crippen molar-refractivity contribution < 1.29 is 13.0 Å². The standard InChI is InChI=1S/C32H31F2N5O2S/c1-18-11-23(20(3)38-28-9-7-8-10-30(28)42(6,41)35-4)25-15-29(39(5)32(40)26(25)12-18)21-13-27(34)31(37-16-21)24-14-22(33)17-36-19(24)2/h7-17,20,38H,1-6H3/t20-,42?/m1/s1. The molecule has 0 fully saturated rings. The SMILES string of the molecule is CN=S(C)(=O)c1ccccc1N[C@H](C)c1cc(C)cc2c(=O)n(C)c(-c3cnc(-c4cc(F)cnc4C)c(F)c3)cc12. The van der Waals surface area contributed by atoms with Gasteiger partial charge in [0.05, 0.1) is 32.2 Å². The van der Waals surface area contributed by atoms with Crippen LogP contribution in [-0.2, 0) is 16.8 Å². The van der Waals surface area contributed by atoms with Crippen LogP contribution >= 0.6 is 0 Å². The number of aryl methyl sites for hydroxylation is 2. The summed E-state index contributed by atoms with van der Waals surface area (Å²) in [5.41, 5.74) is 3.75. The highest BCUT2D eigenvalue weighted by Crippen LogP contribution is 2.33. The Kier molecular flexibility index (Phi) is 7.68. The number of rotatable bonds is 6. The fourth-order valence-corrected chi connectivity index (χ4v) is 6.23. The lowest BCUT2D eigenvalue weighted by Crippen LogP contribution is -2.20. The molecule has 3 heterocycles. The van der Waals surface area contributed by atoms with E-state index in [2.05, 4.69) is 19.6 Å². The molecule has 3 aromatic heterocycles. The van der Waals surface area contributed by atoms with Gasteiger partial charge < -0.3 is 9.88 Å². The maximum Gasteiger partial charge on any atom is 0.258 e. The number of para-hydroxylation sites is 1. The molecule has 0 spiro atoms. The Morgan fingerprint density at radius 1 is 1.00 bits per heavy atom. The highest BCUT2D eigenvalue weighted by atomic mass is 32.2. The zero-order valence-electron chi connectivity index (χ0n) is 24.2. The van der Waals surface area contributed by atoms with Gasteiger partial charge in [-0.2, -0.15) is 0 Å².